The summed E-state index contributed by atoms with van der Waals surface area (Å²) >= 11 is 1.52. The number of hydrogen-bond acceptors (Lipinski definition) is 5. The molecular weight excluding hydrogens is 345 g/mol. The minimum Gasteiger partial charge on any atom is -0.456 e. The molecule has 0 fully saturated rings. The number of nitrogens with one attached hydrogen (secondary N) is 1. The zero-order valence-electron chi connectivity index (χ0n) is 13.7. The molecule has 0 unspecified atom stereocenters. The topological polar surface area (TPSA) is 72.5 Å². The molecule has 1 N–H and O–H groups in total. The van der Waals surface area contributed by atoms with E-state index in [1.807, 2.05) is 24.4 Å². The first-order valence-corrected chi connectivity index (χ1v) is 8.61. The predicted molar refractivity (Wildman–Crippen MR) is 91.8 cm³/mol. The molecule has 0 saturated carbocycles. The highest BCUT2D eigenvalue weighted by Crippen LogP contribution is 2.17. The van der Waals surface area contributed by atoms with Crippen LogP contribution in [0.5, 0.6) is 0 Å². The van der Waals surface area contributed by atoms with Crippen LogP contribution in [0.1, 0.15) is 41.0 Å². The van der Waals surface area contributed by atoms with E-state index in [0.717, 1.165) is 4.88 Å². The average molecular weight is 363 g/mol. The average Bonchev–Trinajstić information content (AvgIpc) is 3.13. The van der Waals surface area contributed by atoms with Gasteiger partial charge >= 0.3 is 5.97 Å². The Balaban J connectivity index is 1.68. The van der Waals surface area contributed by atoms with Gasteiger partial charge in [-0.2, -0.15) is 0 Å². The Labute approximate surface area is 148 Å². The van der Waals surface area contributed by atoms with Crippen molar-refractivity contribution in [3.05, 3.63) is 58.0 Å². The molecule has 1 amide bonds. The number of esters is 1. The highest BCUT2D eigenvalue weighted by Gasteiger charge is 2.14. The van der Waals surface area contributed by atoms with Crippen LogP contribution in [0.4, 0.5) is 4.39 Å². The summed E-state index contributed by atoms with van der Waals surface area (Å²) in [5.41, 5.74) is 0.330. The number of thiophene rings is 1. The van der Waals surface area contributed by atoms with Crippen molar-refractivity contribution in [2.75, 3.05) is 6.61 Å². The Morgan fingerprint density at radius 3 is 2.52 bits per heavy atom. The second-order valence-electron chi connectivity index (χ2n) is 5.40. The Morgan fingerprint density at radius 2 is 1.88 bits per heavy atom. The quantitative estimate of drug-likeness (QED) is 0.577. The van der Waals surface area contributed by atoms with Crippen LogP contribution in [0.2, 0.25) is 0 Å². The Kier molecular flexibility index (Phi) is 6.82. The molecule has 1 aromatic carbocycles. The van der Waals surface area contributed by atoms with E-state index in [0.29, 0.717) is 5.56 Å². The number of benzene rings is 1. The lowest BCUT2D eigenvalue weighted by Gasteiger charge is -2.12. The summed E-state index contributed by atoms with van der Waals surface area (Å²) < 4.78 is 17.7. The van der Waals surface area contributed by atoms with Crippen molar-refractivity contribution in [3.8, 4) is 0 Å². The Hall–Kier alpha value is -2.54. The zero-order chi connectivity index (χ0) is 18.2. The third-order valence-electron chi connectivity index (χ3n) is 3.43. The highest BCUT2D eigenvalue weighted by atomic mass is 32.1. The maximum absolute atomic E-state index is 12.8. The number of carbonyl (C=O) groups is 3. The summed E-state index contributed by atoms with van der Waals surface area (Å²) in [5.74, 6) is -1.75. The number of rotatable bonds is 8. The van der Waals surface area contributed by atoms with E-state index in [2.05, 4.69) is 5.32 Å². The normalized spacial score (nSPS) is 11.6. The van der Waals surface area contributed by atoms with Gasteiger partial charge < -0.3 is 10.1 Å². The van der Waals surface area contributed by atoms with Gasteiger partial charge in [0, 0.05) is 16.9 Å². The van der Waals surface area contributed by atoms with Gasteiger partial charge in [-0.3, -0.25) is 14.4 Å². The van der Waals surface area contributed by atoms with Crippen LogP contribution >= 0.6 is 11.3 Å². The molecule has 0 aliphatic rings. The second kappa shape index (κ2) is 9.08. The lowest BCUT2D eigenvalue weighted by Crippen LogP contribution is -2.30. The summed E-state index contributed by atoms with van der Waals surface area (Å²) in [6.45, 7) is 1.45. The molecule has 0 bridgehead atoms. The van der Waals surface area contributed by atoms with E-state index in [4.69, 9.17) is 4.74 Å². The lowest BCUT2D eigenvalue weighted by atomic mass is 10.1. The molecule has 7 heteroatoms. The van der Waals surface area contributed by atoms with E-state index in [-0.39, 0.29) is 31.3 Å². The van der Waals surface area contributed by atoms with Crippen molar-refractivity contribution in [1.82, 2.24) is 5.32 Å². The predicted octanol–water partition coefficient (Wildman–Crippen LogP) is 3.27. The zero-order valence-corrected chi connectivity index (χ0v) is 14.5. The van der Waals surface area contributed by atoms with Crippen molar-refractivity contribution in [3.63, 3.8) is 0 Å². The first kappa shape index (κ1) is 18.8. The first-order chi connectivity index (χ1) is 12.0. The number of ketones is 1. The van der Waals surface area contributed by atoms with E-state index in [9.17, 15) is 18.8 Å². The number of hydrogen-bond donors (Lipinski definition) is 1. The van der Waals surface area contributed by atoms with Gasteiger partial charge in [0.1, 0.15) is 5.82 Å². The molecule has 0 radical (unpaired) electrons. The van der Waals surface area contributed by atoms with Crippen LogP contribution in [0.15, 0.2) is 41.8 Å². The molecule has 0 aliphatic heterocycles. The van der Waals surface area contributed by atoms with Gasteiger partial charge in [0.25, 0.3) is 5.91 Å². The molecule has 0 spiro atoms. The fraction of sp³-hybridized carbons (Fsp3) is 0.278. The molecular formula is C18H18FNO4S. The standard InChI is InChI=1S/C18H18FNO4S/c1-12(16-3-2-10-25-16)20-17(22)11-24-18(23)9-8-15(21)13-4-6-14(19)7-5-13/h2-7,10,12H,8-9,11H2,1H3,(H,20,22)/t12-/m0/s1. The largest absolute Gasteiger partial charge is 0.456 e. The highest BCUT2D eigenvalue weighted by molar-refractivity contribution is 7.10. The first-order valence-electron chi connectivity index (χ1n) is 7.73. The monoisotopic (exact) mass is 363 g/mol. The van der Waals surface area contributed by atoms with E-state index >= 15 is 0 Å². The smallest absolute Gasteiger partial charge is 0.306 e. The van der Waals surface area contributed by atoms with Gasteiger partial charge in [-0.25, -0.2) is 4.39 Å². The molecule has 2 aromatic rings. The lowest BCUT2D eigenvalue weighted by molar-refractivity contribution is -0.148. The summed E-state index contributed by atoms with van der Waals surface area (Å²) in [6.07, 6.45) is -0.193. The van der Waals surface area contributed by atoms with Crippen LogP contribution in [0.3, 0.4) is 0 Å². The molecule has 2 rings (SSSR count). The van der Waals surface area contributed by atoms with Crippen LogP contribution in [0, 0.1) is 5.82 Å². The van der Waals surface area contributed by atoms with Gasteiger partial charge in [-0.05, 0) is 42.6 Å². The molecule has 0 saturated heterocycles. The summed E-state index contributed by atoms with van der Waals surface area (Å²) in [5, 5.41) is 4.64. The number of halogens is 1. The summed E-state index contributed by atoms with van der Waals surface area (Å²) in [4.78, 5) is 36.3. The van der Waals surface area contributed by atoms with Crippen LogP contribution in [0.25, 0.3) is 0 Å². The van der Waals surface area contributed by atoms with Gasteiger partial charge in [0.15, 0.2) is 12.4 Å². The van der Waals surface area contributed by atoms with Crippen molar-refractivity contribution in [1.29, 1.82) is 0 Å². The number of amides is 1. The van der Waals surface area contributed by atoms with E-state index in [1.165, 1.54) is 35.6 Å². The molecule has 1 atom stereocenters. The Bertz CT molecular complexity index is 728. The fourth-order valence-electron chi connectivity index (χ4n) is 2.11. The van der Waals surface area contributed by atoms with E-state index < -0.39 is 17.7 Å². The van der Waals surface area contributed by atoms with Crippen LogP contribution in [-0.4, -0.2) is 24.3 Å². The number of carbonyl (C=O) groups excluding carboxylic acids is 3. The van der Waals surface area contributed by atoms with Crippen molar-refractivity contribution in [2.45, 2.75) is 25.8 Å². The van der Waals surface area contributed by atoms with Gasteiger partial charge in [0.2, 0.25) is 0 Å². The van der Waals surface area contributed by atoms with Gasteiger partial charge in [0.05, 0.1) is 12.5 Å². The summed E-state index contributed by atoms with van der Waals surface area (Å²) in [7, 11) is 0. The maximum atomic E-state index is 12.8. The second-order valence-corrected chi connectivity index (χ2v) is 6.37. The number of ether oxygens (including phenoxy) is 1. The molecule has 5 nitrogen and oxygen atoms in total. The summed E-state index contributed by atoms with van der Waals surface area (Å²) in [6, 6.07) is 8.73. The van der Waals surface area contributed by atoms with Crippen molar-refractivity contribution < 1.29 is 23.5 Å². The SMILES string of the molecule is C[C@H](NC(=O)COC(=O)CCC(=O)c1ccc(F)cc1)c1cccs1. The minimum atomic E-state index is -0.630. The van der Waals surface area contributed by atoms with E-state index in [1.54, 1.807) is 0 Å². The molecule has 0 aliphatic carbocycles. The Morgan fingerprint density at radius 1 is 1.16 bits per heavy atom. The molecule has 25 heavy (non-hydrogen) atoms. The number of Topliss-reactive ketones (excluding diaryl/α,β-unsaturated/α-hetero) is 1. The molecule has 1 heterocycles. The molecule has 132 valence electrons. The van der Waals surface area contributed by atoms with Gasteiger partial charge in [-0.1, -0.05) is 6.07 Å². The minimum absolute atomic E-state index is 0.0579. The van der Waals surface area contributed by atoms with Crippen LogP contribution < -0.4 is 5.32 Å². The molecule has 1 aromatic heterocycles. The van der Waals surface area contributed by atoms with Crippen molar-refractivity contribution in [2.24, 2.45) is 0 Å². The third kappa shape index (κ3) is 6.11. The maximum Gasteiger partial charge on any atom is 0.306 e. The van der Waals surface area contributed by atoms with Crippen molar-refractivity contribution >= 4 is 29.0 Å². The fourth-order valence-corrected chi connectivity index (χ4v) is 2.84. The third-order valence-corrected chi connectivity index (χ3v) is 4.49. The van der Waals surface area contributed by atoms with Gasteiger partial charge in [-0.15, -0.1) is 11.3 Å². The van der Waals surface area contributed by atoms with Crippen LogP contribution in [-0.2, 0) is 14.3 Å².